The van der Waals surface area contributed by atoms with E-state index in [0.29, 0.717) is 13.2 Å². The van der Waals surface area contributed by atoms with E-state index in [1.807, 2.05) is 33.8 Å². The van der Waals surface area contributed by atoms with Crippen LogP contribution in [0.25, 0.3) is 0 Å². The molecule has 0 bridgehead atoms. The molecule has 0 aliphatic rings. The summed E-state index contributed by atoms with van der Waals surface area (Å²) in [6.45, 7) is 12.9. The number of hydrogen-bond acceptors (Lipinski definition) is 3. The molecule has 16 heavy (non-hydrogen) atoms. The molecule has 0 fully saturated rings. The van der Waals surface area contributed by atoms with E-state index in [4.69, 9.17) is 14.2 Å². The van der Waals surface area contributed by atoms with Gasteiger partial charge in [-0.25, -0.2) is 0 Å². The second kappa shape index (κ2) is 7.82. The van der Waals surface area contributed by atoms with Crippen molar-refractivity contribution in [2.75, 3.05) is 20.3 Å². The van der Waals surface area contributed by atoms with Crippen LogP contribution in [-0.2, 0) is 14.2 Å². The summed E-state index contributed by atoms with van der Waals surface area (Å²) in [5.74, 6) is 0. The molecule has 0 aliphatic carbocycles. The normalized spacial score (nSPS) is 12.4. The van der Waals surface area contributed by atoms with Crippen LogP contribution in [0.3, 0.4) is 0 Å². The molecule has 0 saturated heterocycles. The fraction of sp³-hybridized carbons (Fsp3) is 0.846. The minimum absolute atomic E-state index is 0.193. The first-order valence-electron chi connectivity index (χ1n) is 5.85. The lowest BCUT2D eigenvalue weighted by atomic mass is 10.0. The van der Waals surface area contributed by atoms with E-state index in [9.17, 15) is 0 Å². The SMILES string of the molecule is C=CCC(COC(C)C)(COC(C)C)OC. The van der Waals surface area contributed by atoms with E-state index in [-0.39, 0.29) is 12.2 Å². The van der Waals surface area contributed by atoms with Crippen LogP contribution in [0.5, 0.6) is 0 Å². The van der Waals surface area contributed by atoms with Crippen molar-refractivity contribution in [2.24, 2.45) is 0 Å². The topological polar surface area (TPSA) is 27.7 Å². The fourth-order valence-corrected chi connectivity index (χ4v) is 1.26. The summed E-state index contributed by atoms with van der Waals surface area (Å²) in [6.07, 6.45) is 2.96. The predicted octanol–water partition coefficient (Wildman–Crippen LogP) is 2.80. The highest BCUT2D eigenvalue weighted by Crippen LogP contribution is 2.19. The van der Waals surface area contributed by atoms with E-state index in [0.717, 1.165) is 6.42 Å². The van der Waals surface area contributed by atoms with E-state index in [1.165, 1.54) is 0 Å². The molecule has 0 aromatic carbocycles. The second-order valence-electron chi connectivity index (χ2n) is 4.60. The Morgan fingerprint density at radius 3 is 1.75 bits per heavy atom. The lowest BCUT2D eigenvalue weighted by molar-refractivity contribution is -0.133. The maximum absolute atomic E-state index is 5.63. The third-order valence-corrected chi connectivity index (χ3v) is 2.31. The van der Waals surface area contributed by atoms with E-state index >= 15 is 0 Å². The zero-order valence-corrected chi connectivity index (χ0v) is 11.3. The van der Waals surface area contributed by atoms with Crippen molar-refractivity contribution in [3.05, 3.63) is 12.7 Å². The zero-order valence-electron chi connectivity index (χ0n) is 11.3. The molecule has 3 heteroatoms. The van der Waals surface area contributed by atoms with Crippen LogP contribution in [-0.4, -0.2) is 38.1 Å². The number of hydrogen-bond donors (Lipinski definition) is 0. The van der Waals surface area contributed by atoms with Crippen LogP contribution in [0.15, 0.2) is 12.7 Å². The Morgan fingerprint density at radius 1 is 1.06 bits per heavy atom. The van der Waals surface area contributed by atoms with Crippen molar-refractivity contribution < 1.29 is 14.2 Å². The smallest absolute Gasteiger partial charge is 0.118 e. The molecule has 0 radical (unpaired) electrons. The Hall–Kier alpha value is -0.380. The minimum Gasteiger partial charge on any atom is -0.376 e. The Balaban J connectivity index is 4.37. The van der Waals surface area contributed by atoms with Gasteiger partial charge in [0.05, 0.1) is 25.4 Å². The summed E-state index contributed by atoms with van der Waals surface area (Å²) < 4.78 is 16.8. The van der Waals surface area contributed by atoms with Gasteiger partial charge >= 0.3 is 0 Å². The van der Waals surface area contributed by atoms with Gasteiger partial charge in [0.15, 0.2) is 0 Å². The molecule has 96 valence electrons. The first-order valence-corrected chi connectivity index (χ1v) is 5.85. The first-order chi connectivity index (χ1) is 7.45. The van der Waals surface area contributed by atoms with Crippen molar-refractivity contribution >= 4 is 0 Å². The Labute approximate surface area is 99.8 Å². The average Bonchev–Trinajstić information content (AvgIpc) is 2.22. The van der Waals surface area contributed by atoms with Crippen LogP contribution < -0.4 is 0 Å². The summed E-state index contributed by atoms with van der Waals surface area (Å²) in [7, 11) is 1.69. The molecule has 0 spiro atoms. The molecule has 0 heterocycles. The minimum atomic E-state index is -0.406. The van der Waals surface area contributed by atoms with Gasteiger partial charge in [0.25, 0.3) is 0 Å². The molecule has 0 aliphatic heterocycles. The van der Waals surface area contributed by atoms with Crippen LogP contribution >= 0.6 is 0 Å². The zero-order chi connectivity index (χ0) is 12.6. The van der Waals surface area contributed by atoms with Gasteiger partial charge in [0.1, 0.15) is 5.60 Å². The van der Waals surface area contributed by atoms with Crippen molar-refractivity contribution in [3.63, 3.8) is 0 Å². The average molecular weight is 230 g/mol. The Bertz CT molecular complexity index is 176. The highest BCUT2D eigenvalue weighted by atomic mass is 16.6. The molecular weight excluding hydrogens is 204 g/mol. The summed E-state index contributed by atoms with van der Waals surface area (Å²) in [5.41, 5.74) is -0.406. The van der Waals surface area contributed by atoms with Gasteiger partial charge in [0, 0.05) is 7.11 Å². The first kappa shape index (κ1) is 15.6. The van der Waals surface area contributed by atoms with Crippen molar-refractivity contribution in [1.29, 1.82) is 0 Å². The predicted molar refractivity (Wildman–Crippen MR) is 66.7 cm³/mol. The number of methoxy groups -OCH3 is 1. The molecule has 0 rings (SSSR count). The lowest BCUT2D eigenvalue weighted by Gasteiger charge is -2.32. The highest BCUT2D eigenvalue weighted by Gasteiger charge is 2.30. The standard InChI is InChI=1S/C13H26O3/c1-7-8-13(14-6,9-15-11(2)3)10-16-12(4)5/h7,11-12H,1,8-10H2,2-6H3. The van der Waals surface area contributed by atoms with E-state index in [2.05, 4.69) is 6.58 Å². The largest absolute Gasteiger partial charge is 0.376 e. The van der Waals surface area contributed by atoms with Gasteiger partial charge in [0.2, 0.25) is 0 Å². The van der Waals surface area contributed by atoms with Gasteiger partial charge in [-0.05, 0) is 34.1 Å². The molecule has 0 saturated carbocycles. The molecule has 0 unspecified atom stereocenters. The summed E-state index contributed by atoms with van der Waals surface area (Å²) in [4.78, 5) is 0. The molecular formula is C13H26O3. The lowest BCUT2D eigenvalue weighted by Crippen LogP contribution is -2.43. The Morgan fingerprint density at radius 2 is 1.50 bits per heavy atom. The number of rotatable bonds is 9. The van der Waals surface area contributed by atoms with Crippen molar-refractivity contribution in [1.82, 2.24) is 0 Å². The van der Waals surface area contributed by atoms with Gasteiger partial charge in [-0.2, -0.15) is 0 Å². The highest BCUT2D eigenvalue weighted by molar-refractivity contribution is 4.88. The number of ether oxygens (including phenoxy) is 3. The summed E-state index contributed by atoms with van der Waals surface area (Å²) >= 11 is 0. The van der Waals surface area contributed by atoms with Gasteiger partial charge in [-0.3, -0.25) is 0 Å². The monoisotopic (exact) mass is 230 g/mol. The molecule has 0 atom stereocenters. The van der Waals surface area contributed by atoms with Gasteiger partial charge in [-0.1, -0.05) is 6.08 Å². The second-order valence-corrected chi connectivity index (χ2v) is 4.60. The van der Waals surface area contributed by atoms with Gasteiger partial charge < -0.3 is 14.2 Å². The van der Waals surface area contributed by atoms with E-state index in [1.54, 1.807) is 7.11 Å². The quantitative estimate of drug-likeness (QED) is 0.570. The van der Waals surface area contributed by atoms with Crippen molar-refractivity contribution in [3.8, 4) is 0 Å². The maximum Gasteiger partial charge on any atom is 0.118 e. The fourth-order valence-electron chi connectivity index (χ4n) is 1.26. The van der Waals surface area contributed by atoms with E-state index < -0.39 is 5.60 Å². The van der Waals surface area contributed by atoms with Crippen molar-refractivity contribution in [2.45, 2.75) is 51.9 Å². The third kappa shape index (κ3) is 6.26. The van der Waals surface area contributed by atoms with Crippen LogP contribution in [0.2, 0.25) is 0 Å². The summed E-state index contributed by atoms with van der Waals surface area (Å²) in [5, 5.41) is 0. The maximum atomic E-state index is 5.63. The molecule has 3 nitrogen and oxygen atoms in total. The van der Waals surface area contributed by atoms with Gasteiger partial charge in [-0.15, -0.1) is 6.58 Å². The molecule has 0 aromatic heterocycles. The molecule has 0 aromatic rings. The third-order valence-electron chi connectivity index (χ3n) is 2.31. The summed E-state index contributed by atoms with van der Waals surface area (Å²) in [6, 6.07) is 0. The Kier molecular flexibility index (Phi) is 7.64. The van der Waals surface area contributed by atoms with Crippen LogP contribution in [0.4, 0.5) is 0 Å². The van der Waals surface area contributed by atoms with Crippen LogP contribution in [0, 0.1) is 0 Å². The molecule has 0 amide bonds. The molecule has 0 N–H and O–H groups in total. The van der Waals surface area contributed by atoms with Crippen LogP contribution in [0.1, 0.15) is 34.1 Å².